The molecule has 0 spiro atoms. The molecule has 0 aliphatic carbocycles. The third-order valence-corrected chi connectivity index (χ3v) is 6.66. The van der Waals surface area contributed by atoms with Crippen LogP contribution in [-0.4, -0.2) is 52.2 Å². The lowest BCUT2D eigenvalue weighted by Crippen LogP contribution is -2.41. The van der Waals surface area contributed by atoms with E-state index in [1.54, 1.807) is 19.2 Å². The predicted molar refractivity (Wildman–Crippen MR) is 128 cm³/mol. The number of rotatable bonds is 5. The van der Waals surface area contributed by atoms with Crippen molar-refractivity contribution in [2.45, 2.75) is 44.7 Å². The van der Waals surface area contributed by atoms with Crippen LogP contribution in [0.2, 0.25) is 0 Å². The van der Waals surface area contributed by atoms with Crippen LogP contribution in [0.3, 0.4) is 0 Å². The van der Waals surface area contributed by atoms with Gasteiger partial charge in [-0.2, -0.15) is 10.1 Å². The van der Waals surface area contributed by atoms with Crippen molar-refractivity contribution < 1.29 is 19.4 Å². The van der Waals surface area contributed by atoms with Crippen molar-refractivity contribution in [3.8, 4) is 28.6 Å². The van der Waals surface area contributed by atoms with E-state index in [2.05, 4.69) is 21.6 Å². The Morgan fingerprint density at radius 1 is 1.15 bits per heavy atom. The number of nitrogens with zero attached hydrogens (tertiary/aromatic N) is 4. The molecule has 1 saturated heterocycles. The summed E-state index contributed by atoms with van der Waals surface area (Å²) in [6.45, 7) is 3.90. The number of amides is 1. The maximum absolute atomic E-state index is 12.1. The SMILES string of the molecule is COc1cccc(Oc2c(-c3cnn(C4CCNCC4)c3)ccc3c2CC[C@H](C)N3C(=O)O)n1. The third kappa shape index (κ3) is 4.19. The molecule has 2 N–H and O–H groups in total. The van der Waals surface area contributed by atoms with Gasteiger partial charge in [-0.05, 0) is 57.8 Å². The fourth-order valence-corrected chi connectivity index (χ4v) is 4.86. The van der Waals surface area contributed by atoms with Gasteiger partial charge < -0.3 is 19.9 Å². The number of hydrogen-bond acceptors (Lipinski definition) is 6. The molecule has 2 aromatic heterocycles. The van der Waals surface area contributed by atoms with Gasteiger partial charge in [0.1, 0.15) is 5.75 Å². The van der Waals surface area contributed by atoms with Crippen LogP contribution in [0.4, 0.5) is 10.5 Å². The van der Waals surface area contributed by atoms with Crippen LogP contribution >= 0.6 is 0 Å². The molecular formula is C25H29N5O4. The van der Waals surface area contributed by atoms with Crippen LogP contribution < -0.4 is 19.7 Å². The van der Waals surface area contributed by atoms with Gasteiger partial charge in [-0.15, -0.1) is 0 Å². The number of benzene rings is 1. The summed E-state index contributed by atoms with van der Waals surface area (Å²) in [6.07, 6.45) is 6.43. The van der Waals surface area contributed by atoms with E-state index in [-0.39, 0.29) is 6.04 Å². The summed E-state index contributed by atoms with van der Waals surface area (Å²) < 4.78 is 13.7. The van der Waals surface area contributed by atoms with Gasteiger partial charge in [0.25, 0.3) is 0 Å². The second-order valence-electron chi connectivity index (χ2n) is 8.79. The monoisotopic (exact) mass is 463 g/mol. The van der Waals surface area contributed by atoms with E-state index in [1.165, 1.54) is 4.90 Å². The Balaban J connectivity index is 1.60. The first-order chi connectivity index (χ1) is 16.5. The number of methoxy groups -OCH3 is 1. The van der Waals surface area contributed by atoms with E-state index in [0.717, 1.165) is 42.6 Å². The number of hydrogen-bond donors (Lipinski definition) is 2. The molecule has 1 atom stereocenters. The maximum Gasteiger partial charge on any atom is 0.412 e. The molecule has 34 heavy (non-hydrogen) atoms. The Labute approximate surface area is 198 Å². The van der Waals surface area contributed by atoms with Crippen molar-refractivity contribution >= 4 is 11.8 Å². The normalized spacial score (nSPS) is 18.4. The summed E-state index contributed by atoms with van der Waals surface area (Å²) in [5, 5.41) is 17.9. The van der Waals surface area contributed by atoms with Crippen LogP contribution in [-0.2, 0) is 6.42 Å². The van der Waals surface area contributed by atoms with E-state index in [9.17, 15) is 9.90 Å². The van der Waals surface area contributed by atoms with Gasteiger partial charge in [0.05, 0.1) is 25.0 Å². The number of carboxylic acid groups (broad SMARTS) is 1. The van der Waals surface area contributed by atoms with E-state index >= 15 is 0 Å². The molecule has 178 valence electrons. The molecular weight excluding hydrogens is 434 g/mol. The molecule has 1 aromatic carbocycles. The van der Waals surface area contributed by atoms with Crippen LogP contribution in [0.1, 0.15) is 37.8 Å². The summed E-state index contributed by atoms with van der Waals surface area (Å²) >= 11 is 0. The topological polar surface area (TPSA) is 102 Å². The van der Waals surface area contributed by atoms with Crippen LogP contribution in [0.5, 0.6) is 17.5 Å². The minimum Gasteiger partial charge on any atom is -0.481 e. The highest BCUT2D eigenvalue weighted by molar-refractivity contribution is 5.91. The van der Waals surface area contributed by atoms with Gasteiger partial charge in [0, 0.05) is 41.1 Å². The first-order valence-electron chi connectivity index (χ1n) is 11.7. The number of fused-ring (bicyclic) bond motifs is 1. The standard InChI is InChI=1S/C25H29N5O4/c1-16-6-7-20-21(30(16)25(31)32)9-8-19(24(20)34-23-5-3-4-22(28-23)33-2)17-14-27-29(15-17)18-10-12-26-13-11-18/h3-5,8-9,14-16,18,26H,6-7,10-13H2,1-2H3,(H,31,32)/t16-/m0/s1. The summed E-state index contributed by atoms with van der Waals surface area (Å²) in [5.74, 6) is 1.45. The molecule has 1 fully saturated rings. The lowest BCUT2D eigenvalue weighted by Gasteiger charge is -2.34. The average molecular weight is 464 g/mol. The number of pyridine rings is 1. The second kappa shape index (κ2) is 9.34. The van der Waals surface area contributed by atoms with Crippen molar-refractivity contribution in [1.29, 1.82) is 0 Å². The molecule has 2 aliphatic heterocycles. The first kappa shape index (κ1) is 22.2. The Bertz CT molecular complexity index is 1190. The summed E-state index contributed by atoms with van der Waals surface area (Å²) in [7, 11) is 1.56. The van der Waals surface area contributed by atoms with Crippen molar-refractivity contribution in [1.82, 2.24) is 20.1 Å². The molecule has 1 amide bonds. The van der Waals surface area contributed by atoms with Crippen molar-refractivity contribution in [2.24, 2.45) is 0 Å². The fraction of sp³-hybridized carbons (Fsp3) is 0.400. The zero-order chi connectivity index (χ0) is 23.7. The molecule has 0 bridgehead atoms. The van der Waals surface area contributed by atoms with Gasteiger partial charge in [-0.3, -0.25) is 9.58 Å². The number of nitrogens with one attached hydrogen (secondary N) is 1. The smallest absolute Gasteiger partial charge is 0.412 e. The molecule has 0 saturated carbocycles. The molecule has 0 unspecified atom stereocenters. The minimum absolute atomic E-state index is 0.110. The van der Waals surface area contributed by atoms with Gasteiger partial charge >= 0.3 is 6.09 Å². The number of piperidine rings is 1. The Morgan fingerprint density at radius 2 is 1.94 bits per heavy atom. The van der Waals surface area contributed by atoms with Gasteiger partial charge in [0.2, 0.25) is 11.8 Å². The van der Waals surface area contributed by atoms with Gasteiger partial charge in [-0.25, -0.2) is 4.79 Å². The maximum atomic E-state index is 12.1. The highest BCUT2D eigenvalue weighted by Gasteiger charge is 2.32. The van der Waals surface area contributed by atoms with Crippen LogP contribution in [0.15, 0.2) is 42.7 Å². The number of aromatic nitrogens is 3. The van der Waals surface area contributed by atoms with Crippen LogP contribution in [0, 0.1) is 0 Å². The van der Waals surface area contributed by atoms with E-state index in [1.807, 2.05) is 36.0 Å². The van der Waals surface area contributed by atoms with Crippen molar-refractivity contribution in [3.63, 3.8) is 0 Å². The summed E-state index contributed by atoms with van der Waals surface area (Å²) in [4.78, 5) is 17.9. The number of carbonyl (C=O) groups is 1. The Hall–Kier alpha value is -3.59. The molecule has 5 rings (SSSR count). The Morgan fingerprint density at radius 3 is 2.71 bits per heavy atom. The molecule has 3 aromatic rings. The minimum atomic E-state index is -0.967. The fourth-order valence-electron chi connectivity index (χ4n) is 4.86. The first-order valence-corrected chi connectivity index (χ1v) is 11.7. The highest BCUT2D eigenvalue weighted by Crippen LogP contribution is 2.44. The van der Waals surface area contributed by atoms with E-state index in [0.29, 0.717) is 42.1 Å². The number of anilines is 1. The van der Waals surface area contributed by atoms with E-state index in [4.69, 9.17) is 9.47 Å². The zero-order valence-electron chi connectivity index (χ0n) is 19.4. The second-order valence-corrected chi connectivity index (χ2v) is 8.79. The zero-order valence-corrected chi connectivity index (χ0v) is 19.4. The molecule has 9 nitrogen and oxygen atoms in total. The summed E-state index contributed by atoms with van der Waals surface area (Å²) in [6, 6.07) is 9.39. The van der Waals surface area contributed by atoms with Crippen molar-refractivity contribution in [3.05, 3.63) is 48.3 Å². The Kier molecular flexibility index (Phi) is 6.10. The van der Waals surface area contributed by atoms with Gasteiger partial charge in [-0.1, -0.05) is 6.07 Å². The lowest BCUT2D eigenvalue weighted by molar-refractivity contribution is 0.198. The largest absolute Gasteiger partial charge is 0.481 e. The average Bonchev–Trinajstić information content (AvgIpc) is 3.34. The van der Waals surface area contributed by atoms with Crippen LogP contribution in [0.25, 0.3) is 11.1 Å². The van der Waals surface area contributed by atoms with Crippen molar-refractivity contribution in [2.75, 3.05) is 25.1 Å². The highest BCUT2D eigenvalue weighted by atomic mass is 16.5. The molecule has 0 radical (unpaired) electrons. The van der Waals surface area contributed by atoms with E-state index < -0.39 is 6.09 Å². The predicted octanol–water partition coefficient (Wildman–Crippen LogP) is 4.49. The van der Waals surface area contributed by atoms with Gasteiger partial charge in [0.15, 0.2) is 0 Å². The quantitative estimate of drug-likeness (QED) is 0.575. The molecule has 9 heteroatoms. The lowest BCUT2D eigenvalue weighted by atomic mass is 9.92. The molecule has 2 aliphatic rings. The third-order valence-electron chi connectivity index (χ3n) is 6.66. The number of ether oxygens (including phenoxy) is 2. The molecule has 4 heterocycles. The summed E-state index contributed by atoms with van der Waals surface area (Å²) in [5.41, 5.74) is 3.30.